The Hall–Kier alpha value is -2.23. The van der Waals surface area contributed by atoms with Crippen LogP contribution < -0.4 is 9.80 Å². The molecule has 1 aliphatic heterocycles. The van der Waals surface area contributed by atoms with E-state index in [1.54, 1.807) is 6.07 Å². The standard InChI is InChI=1S/C15H17N3O/c1-17-8-9-18(15-5-3-2-4-14(15)17)11-12-6-7-13(19)10-16-12/h2-7,10,19H,8-9,11H2,1H3. The monoisotopic (exact) mass is 255 g/mol. The van der Waals surface area contributed by atoms with Crippen LogP contribution in [0.4, 0.5) is 11.4 Å². The second-order valence-corrected chi connectivity index (χ2v) is 4.84. The van der Waals surface area contributed by atoms with E-state index in [9.17, 15) is 5.11 Å². The summed E-state index contributed by atoms with van der Waals surface area (Å²) in [5.41, 5.74) is 3.47. The molecule has 3 rings (SSSR count). The van der Waals surface area contributed by atoms with Crippen molar-refractivity contribution in [3.05, 3.63) is 48.3 Å². The predicted molar refractivity (Wildman–Crippen MR) is 76.7 cm³/mol. The van der Waals surface area contributed by atoms with Crippen LogP contribution in [0.25, 0.3) is 0 Å². The summed E-state index contributed by atoms with van der Waals surface area (Å²) < 4.78 is 0. The molecule has 1 aromatic heterocycles. The third-order valence-corrected chi connectivity index (χ3v) is 3.50. The highest BCUT2D eigenvalue weighted by Crippen LogP contribution is 2.32. The van der Waals surface area contributed by atoms with Crippen molar-refractivity contribution in [2.45, 2.75) is 6.54 Å². The number of hydrogen-bond donors (Lipinski definition) is 1. The molecule has 98 valence electrons. The van der Waals surface area contributed by atoms with Gasteiger partial charge in [-0.15, -0.1) is 0 Å². The molecule has 0 amide bonds. The van der Waals surface area contributed by atoms with E-state index in [1.165, 1.54) is 17.6 Å². The summed E-state index contributed by atoms with van der Waals surface area (Å²) in [7, 11) is 2.12. The molecule has 0 unspecified atom stereocenters. The molecule has 0 bridgehead atoms. The zero-order chi connectivity index (χ0) is 13.2. The minimum absolute atomic E-state index is 0.211. The van der Waals surface area contributed by atoms with E-state index in [-0.39, 0.29) is 5.75 Å². The first-order chi connectivity index (χ1) is 9.24. The Morgan fingerprint density at radius 2 is 1.89 bits per heavy atom. The average molecular weight is 255 g/mol. The van der Waals surface area contributed by atoms with Crippen molar-refractivity contribution in [3.8, 4) is 5.75 Å². The van der Waals surface area contributed by atoms with Gasteiger partial charge in [0.2, 0.25) is 0 Å². The average Bonchev–Trinajstić information content (AvgIpc) is 2.45. The number of aromatic nitrogens is 1. The van der Waals surface area contributed by atoms with Crippen LogP contribution in [0.2, 0.25) is 0 Å². The van der Waals surface area contributed by atoms with Crippen molar-refractivity contribution in [3.63, 3.8) is 0 Å². The molecule has 0 fully saturated rings. The molecule has 0 saturated carbocycles. The first kappa shape index (κ1) is 11.8. The van der Waals surface area contributed by atoms with E-state index >= 15 is 0 Å². The number of pyridine rings is 1. The van der Waals surface area contributed by atoms with Gasteiger partial charge in [0.15, 0.2) is 0 Å². The molecule has 1 N–H and O–H groups in total. The van der Waals surface area contributed by atoms with Gasteiger partial charge >= 0.3 is 0 Å². The summed E-state index contributed by atoms with van der Waals surface area (Å²) in [6, 6.07) is 12.0. The van der Waals surface area contributed by atoms with Crippen molar-refractivity contribution >= 4 is 11.4 Å². The van der Waals surface area contributed by atoms with Crippen LogP contribution in [0.3, 0.4) is 0 Å². The van der Waals surface area contributed by atoms with Gasteiger partial charge in [-0.25, -0.2) is 0 Å². The lowest BCUT2D eigenvalue weighted by atomic mass is 10.1. The molecule has 4 nitrogen and oxygen atoms in total. The van der Waals surface area contributed by atoms with E-state index in [0.29, 0.717) is 0 Å². The summed E-state index contributed by atoms with van der Waals surface area (Å²) in [4.78, 5) is 8.86. The van der Waals surface area contributed by atoms with Gasteiger partial charge < -0.3 is 14.9 Å². The Morgan fingerprint density at radius 1 is 1.11 bits per heavy atom. The van der Waals surface area contributed by atoms with Gasteiger partial charge in [0.25, 0.3) is 0 Å². The molecule has 0 saturated heterocycles. The minimum atomic E-state index is 0.211. The summed E-state index contributed by atoms with van der Waals surface area (Å²) in [5, 5.41) is 9.27. The van der Waals surface area contributed by atoms with Gasteiger partial charge in [-0.3, -0.25) is 4.98 Å². The summed E-state index contributed by atoms with van der Waals surface area (Å²) >= 11 is 0. The Labute approximate surface area is 112 Å². The molecule has 2 aromatic rings. The molecule has 0 spiro atoms. The summed E-state index contributed by atoms with van der Waals surface area (Å²) in [6.45, 7) is 2.76. The maximum atomic E-state index is 9.27. The van der Waals surface area contributed by atoms with Crippen molar-refractivity contribution < 1.29 is 5.11 Å². The highest BCUT2D eigenvalue weighted by molar-refractivity contribution is 5.73. The number of rotatable bonds is 2. The second kappa shape index (κ2) is 4.80. The number of hydrogen-bond acceptors (Lipinski definition) is 4. The zero-order valence-electron chi connectivity index (χ0n) is 11.0. The zero-order valence-corrected chi connectivity index (χ0v) is 11.0. The van der Waals surface area contributed by atoms with Crippen LogP contribution in [-0.2, 0) is 6.54 Å². The molecule has 0 radical (unpaired) electrons. The third kappa shape index (κ3) is 2.34. The van der Waals surface area contributed by atoms with E-state index < -0.39 is 0 Å². The molecule has 0 atom stereocenters. The van der Waals surface area contributed by atoms with E-state index in [1.807, 2.05) is 6.07 Å². The number of aromatic hydroxyl groups is 1. The Balaban J connectivity index is 1.86. The van der Waals surface area contributed by atoms with Gasteiger partial charge in [-0.1, -0.05) is 12.1 Å². The molecule has 1 aliphatic rings. The van der Waals surface area contributed by atoms with Crippen LogP contribution in [0.1, 0.15) is 5.69 Å². The smallest absolute Gasteiger partial charge is 0.133 e. The van der Waals surface area contributed by atoms with Gasteiger partial charge in [-0.2, -0.15) is 0 Å². The fourth-order valence-corrected chi connectivity index (χ4v) is 2.44. The molecule has 4 heteroatoms. The fraction of sp³-hybridized carbons (Fsp3) is 0.267. The molecule has 1 aromatic carbocycles. The quantitative estimate of drug-likeness (QED) is 0.893. The molecule has 2 heterocycles. The van der Waals surface area contributed by atoms with Gasteiger partial charge in [0.05, 0.1) is 29.8 Å². The van der Waals surface area contributed by atoms with Crippen LogP contribution in [-0.4, -0.2) is 30.2 Å². The number of nitrogens with zero attached hydrogens (tertiary/aromatic N) is 3. The second-order valence-electron chi connectivity index (χ2n) is 4.84. The van der Waals surface area contributed by atoms with Gasteiger partial charge in [-0.05, 0) is 24.3 Å². The van der Waals surface area contributed by atoms with Gasteiger partial charge in [0, 0.05) is 20.1 Å². The lowest BCUT2D eigenvalue weighted by Gasteiger charge is -2.36. The van der Waals surface area contributed by atoms with E-state index in [4.69, 9.17) is 0 Å². The van der Waals surface area contributed by atoms with Crippen molar-refractivity contribution in [1.82, 2.24) is 4.98 Å². The van der Waals surface area contributed by atoms with Crippen molar-refractivity contribution in [1.29, 1.82) is 0 Å². The van der Waals surface area contributed by atoms with Crippen molar-refractivity contribution in [2.24, 2.45) is 0 Å². The van der Waals surface area contributed by atoms with Gasteiger partial charge in [0.1, 0.15) is 5.75 Å². The van der Waals surface area contributed by atoms with E-state index in [2.05, 4.69) is 46.1 Å². The predicted octanol–water partition coefficient (Wildman–Crippen LogP) is 2.24. The van der Waals surface area contributed by atoms with E-state index in [0.717, 1.165) is 25.3 Å². The molecule has 0 aliphatic carbocycles. The Morgan fingerprint density at radius 3 is 2.63 bits per heavy atom. The minimum Gasteiger partial charge on any atom is -0.506 e. The number of likely N-dealkylation sites (N-methyl/N-ethyl adjacent to an activating group) is 1. The molecule has 19 heavy (non-hydrogen) atoms. The third-order valence-electron chi connectivity index (χ3n) is 3.50. The first-order valence-electron chi connectivity index (χ1n) is 6.43. The number of para-hydroxylation sites is 2. The van der Waals surface area contributed by atoms with Crippen LogP contribution in [0.15, 0.2) is 42.6 Å². The van der Waals surface area contributed by atoms with Crippen LogP contribution in [0.5, 0.6) is 5.75 Å². The summed E-state index contributed by atoms with van der Waals surface area (Å²) in [5.74, 6) is 0.211. The molecular formula is C15H17N3O. The first-order valence-corrected chi connectivity index (χ1v) is 6.43. The SMILES string of the molecule is CN1CCN(Cc2ccc(O)cn2)c2ccccc21. The lowest BCUT2D eigenvalue weighted by Crippen LogP contribution is -2.38. The Bertz CT molecular complexity index is 568. The normalized spacial score (nSPS) is 14.4. The largest absolute Gasteiger partial charge is 0.506 e. The highest BCUT2D eigenvalue weighted by atomic mass is 16.3. The van der Waals surface area contributed by atoms with Crippen LogP contribution >= 0.6 is 0 Å². The number of fused-ring (bicyclic) bond motifs is 1. The number of benzene rings is 1. The number of anilines is 2. The summed E-state index contributed by atoms with van der Waals surface area (Å²) in [6.07, 6.45) is 1.50. The molecular weight excluding hydrogens is 238 g/mol. The van der Waals surface area contributed by atoms with Crippen molar-refractivity contribution in [2.75, 3.05) is 29.9 Å². The Kier molecular flexibility index (Phi) is 2.99. The highest BCUT2D eigenvalue weighted by Gasteiger charge is 2.19. The van der Waals surface area contributed by atoms with Crippen LogP contribution in [0, 0.1) is 0 Å². The fourth-order valence-electron chi connectivity index (χ4n) is 2.44. The maximum Gasteiger partial charge on any atom is 0.133 e. The lowest BCUT2D eigenvalue weighted by molar-refractivity contribution is 0.472. The topological polar surface area (TPSA) is 39.6 Å². The maximum absolute atomic E-state index is 9.27.